The van der Waals surface area contributed by atoms with Crippen molar-refractivity contribution in [1.82, 2.24) is 4.90 Å². The Bertz CT molecular complexity index is 652. The molecule has 5 nitrogen and oxygen atoms in total. The average Bonchev–Trinajstić information content (AvgIpc) is 2.58. The van der Waals surface area contributed by atoms with Crippen molar-refractivity contribution < 1.29 is 19.4 Å². The number of carbonyl (C=O) groups excluding carboxylic acids is 1. The summed E-state index contributed by atoms with van der Waals surface area (Å²) in [5.74, 6) is 0.688. The molecule has 5 atom stereocenters. The Balaban J connectivity index is 1.90. The number of aliphatic hydroxyl groups is 1. The summed E-state index contributed by atoms with van der Waals surface area (Å²) in [6, 6.07) is 7.45. The number of carbonyl (C=O) groups is 1. The van der Waals surface area contributed by atoms with E-state index in [-0.39, 0.29) is 29.6 Å². The van der Waals surface area contributed by atoms with Crippen LogP contribution in [0, 0.1) is 17.8 Å². The van der Waals surface area contributed by atoms with Crippen LogP contribution in [-0.2, 0) is 9.53 Å². The van der Waals surface area contributed by atoms with Crippen molar-refractivity contribution in [3.8, 4) is 5.75 Å². The van der Waals surface area contributed by atoms with E-state index in [4.69, 9.17) is 9.47 Å². The number of methoxy groups -OCH3 is 1. The molecule has 1 N–H and O–H groups in total. The number of Topliss-reactive ketones (excluding diaryl/α,β-unsaturated/α-hetero) is 1. The lowest BCUT2D eigenvalue weighted by molar-refractivity contribution is -0.139. The molecule has 136 valence electrons. The third-order valence-corrected chi connectivity index (χ3v) is 5.38. The van der Waals surface area contributed by atoms with Crippen LogP contribution in [0.15, 0.2) is 30.5 Å². The fourth-order valence-electron chi connectivity index (χ4n) is 4.12. The molecule has 2 aliphatic rings. The van der Waals surface area contributed by atoms with Crippen molar-refractivity contribution >= 4 is 11.4 Å². The first-order chi connectivity index (χ1) is 11.9. The molecule has 3 rings (SSSR count). The smallest absolute Gasteiger partial charge is 0.173 e. The van der Waals surface area contributed by atoms with Gasteiger partial charge in [0.1, 0.15) is 11.9 Å². The highest BCUT2D eigenvalue weighted by Crippen LogP contribution is 2.42. The maximum absolute atomic E-state index is 13.2. The van der Waals surface area contributed by atoms with Gasteiger partial charge in [-0.05, 0) is 44.1 Å². The molecule has 5 unspecified atom stereocenters. The third kappa shape index (κ3) is 3.44. The van der Waals surface area contributed by atoms with Gasteiger partial charge in [0.25, 0.3) is 0 Å². The van der Waals surface area contributed by atoms with Crippen LogP contribution in [0.25, 0.3) is 5.57 Å². The van der Waals surface area contributed by atoms with Gasteiger partial charge in [0.15, 0.2) is 5.78 Å². The molecular formula is C20H27NO4. The van der Waals surface area contributed by atoms with E-state index in [0.29, 0.717) is 18.5 Å². The topological polar surface area (TPSA) is 59.0 Å². The maximum Gasteiger partial charge on any atom is 0.173 e. The molecule has 0 radical (unpaired) electrons. The van der Waals surface area contributed by atoms with Gasteiger partial charge >= 0.3 is 0 Å². The van der Waals surface area contributed by atoms with Gasteiger partial charge in [0.2, 0.25) is 0 Å². The first-order valence-electron chi connectivity index (χ1n) is 8.79. The van der Waals surface area contributed by atoms with E-state index in [1.807, 2.05) is 50.2 Å². The first-order valence-corrected chi connectivity index (χ1v) is 8.79. The summed E-state index contributed by atoms with van der Waals surface area (Å²) in [5, 5.41) is 10.5. The minimum Gasteiger partial charge on any atom is -0.497 e. The van der Waals surface area contributed by atoms with Crippen LogP contribution in [0.5, 0.6) is 5.75 Å². The van der Waals surface area contributed by atoms with Gasteiger partial charge in [-0.15, -0.1) is 0 Å². The van der Waals surface area contributed by atoms with Crippen LogP contribution in [0.4, 0.5) is 0 Å². The molecule has 0 bridgehead atoms. The highest BCUT2D eigenvalue weighted by molar-refractivity contribution is 6.22. The van der Waals surface area contributed by atoms with Gasteiger partial charge in [-0.2, -0.15) is 0 Å². The minimum atomic E-state index is -0.442. The monoisotopic (exact) mass is 345 g/mol. The van der Waals surface area contributed by atoms with Crippen molar-refractivity contribution in [3.05, 3.63) is 36.1 Å². The fourth-order valence-corrected chi connectivity index (χ4v) is 4.12. The molecule has 1 aliphatic heterocycles. The summed E-state index contributed by atoms with van der Waals surface area (Å²) in [5.41, 5.74) is 1.45. The summed E-state index contributed by atoms with van der Waals surface area (Å²) in [4.78, 5) is 15.2. The summed E-state index contributed by atoms with van der Waals surface area (Å²) in [7, 11) is 5.57. The number of benzene rings is 1. The molecule has 1 saturated carbocycles. The molecule has 25 heavy (non-hydrogen) atoms. The average molecular weight is 345 g/mol. The van der Waals surface area contributed by atoms with Crippen molar-refractivity contribution in [2.75, 3.05) is 27.7 Å². The van der Waals surface area contributed by atoms with Crippen molar-refractivity contribution in [2.24, 2.45) is 17.8 Å². The van der Waals surface area contributed by atoms with E-state index in [0.717, 1.165) is 11.3 Å². The summed E-state index contributed by atoms with van der Waals surface area (Å²) in [6.07, 6.45) is 1.50. The molecule has 0 aromatic heterocycles. The molecule has 1 aliphatic carbocycles. The van der Waals surface area contributed by atoms with Gasteiger partial charge in [-0.1, -0.05) is 19.1 Å². The number of nitrogens with zero attached hydrogens (tertiary/aromatic N) is 1. The predicted octanol–water partition coefficient (Wildman–Crippen LogP) is 2.20. The standard InChI is InChI=1S/C20H27NO4/c1-12-9-17(22)15(10-21(2)3)20-18(12)19(23)16(11-25-20)13-5-7-14(24-4)8-6-13/h5-8,11-12,15,17-18,20,22H,9-10H2,1-4H3. The van der Waals surface area contributed by atoms with Crippen LogP contribution in [0.3, 0.4) is 0 Å². The third-order valence-electron chi connectivity index (χ3n) is 5.38. The second kappa shape index (κ2) is 7.18. The summed E-state index contributed by atoms with van der Waals surface area (Å²) in [6.45, 7) is 2.74. The van der Waals surface area contributed by atoms with E-state index in [1.165, 1.54) is 0 Å². The largest absolute Gasteiger partial charge is 0.497 e. The summed E-state index contributed by atoms with van der Waals surface area (Å²) < 4.78 is 11.2. The minimum absolute atomic E-state index is 0.0613. The number of allylic oxidation sites excluding steroid dienone is 1. The quantitative estimate of drug-likeness (QED) is 0.907. The normalized spacial score (nSPS) is 32.0. The molecule has 1 fully saturated rings. The zero-order valence-electron chi connectivity index (χ0n) is 15.3. The number of hydrogen-bond donors (Lipinski definition) is 1. The van der Waals surface area contributed by atoms with Gasteiger partial charge in [-0.3, -0.25) is 4.79 Å². The molecule has 0 spiro atoms. The zero-order chi connectivity index (χ0) is 18.1. The molecule has 0 saturated heterocycles. The predicted molar refractivity (Wildman–Crippen MR) is 96.2 cm³/mol. The van der Waals surface area contributed by atoms with Crippen LogP contribution in [0.1, 0.15) is 18.9 Å². The van der Waals surface area contributed by atoms with Crippen molar-refractivity contribution in [1.29, 1.82) is 0 Å². The molecule has 1 aromatic rings. The van der Waals surface area contributed by atoms with Gasteiger partial charge in [0, 0.05) is 12.5 Å². The van der Waals surface area contributed by atoms with Crippen LogP contribution in [0.2, 0.25) is 0 Å². The van der Waals surface area contributed by atoms with Gasteiger partial charge < -0.3 is 19.5 Å². The lowest BCUT2D eigenvalue weighted by atomic mass is 9.67. The second-order valence-electron chi connectivity index (χ2n) is 7.46. The Morgan fingerprint density at radius 3 is 2.56 bits per heavy atom. The van der Waals surface area contributed by atoms with Gasteiger partial charge in [0.05, 0.1) is 31.0 Å². The number of aliphatic hydroxyl groups excluding tert-OH is 1. The van der Waals surface area contributed by atoms with Crippen LogP contribution in [-0.4, -0.2) is 55.7 Å². The summed E-state index contributed by atoms with van der Waals surface area (Å²) >= 11 is 0. The Labute approximate surface area is 149 Å². The Morgan fingerprint density at radius 1 is 1.28 bits per heavy atom. The van der Waals surface area contributed by atoms with E-state index < -0.39 is 6.10 Å². The Hall–Kier alpha value is -1.85. The molecule has 0 amide bonds. The Kier molecular flexibility index (Phi) is 5.16. The number of rotatable bonds is 4. The molecule has 5 heteroatoms. The first kappa shape index (κ1) is 18.0. The highest BCUT2D eigenvalue weighted by atomic mass is 16.5. The zero-order valence-corrected chi connectivity index (χ0v) is 15.3. The molecular weight excluding hydrogens is 318 g/mol. The van der Waals surface area contributed by atoms with E-state index in [1.54, 1.807) is 13.4 Å². The Morgan fingerprint density at radius 2 is 1.96 bits per heavy atom. The number of hydrogen-bond acceptors (Lipinski definition) is 5. The fraction of sp³-hybridized carbons (Fsp3) is 0.550. The molecule has 1 heterocycles. The van der Waals surface area contributed by atoms with Crippen molar-refractivity contribution in [3.63, 3.8) is 0 Å². The van der Waals surface area contributed by atoms with E-state index in [2.05, 4.69) is 0 Å². The van der Waals surface area contributed by atoms with Crippen LogP contribution >= 0.6 is 0 Å². The van der Waals surface area contributed by atoms with Crippen molar-refractivity contribution in [2.45, 2.75) is 25.6 Å². The highest BCUT2D eigenvalue weighted by Gasteiger charge is 2.49. The maximum atomic E-state index is 13.2. The number of ether oxygens (including phenoxy) is 2. The second-order valence-corrected chi connectivity index (χ2v) is 7.46. The van der Waals surface area contributed by atoms with E-state index >= 15 is 0 Å². The lowest BCUT2D eigenvalue weighted by Crippen LogP contribution is -2.54. The van der Waals surface area contributed by atoms with E-state index in [9.17, 15) is 9.90 Å². The molecule has 1 aromatic carbocycles. The number of fused-ring (bicyclic) bond motifs is 1. The SMILES string of the molecule is COc1ccc(C2=COC3C(CN(C)C)C(O)CC(C)C3C2=O)cc1. The van der Waals surface area contributed by atoms with Gasteiger partial charge in [-0.25, -0.2) is 0 Å². The van der Waals surface area contributed by atoms with Crippen LogP contribution < -0.4 is 4.74 Å². The number of ketones is 1. The lowest BCUT2D eigenvalue weighted by Gasteiger charge is -2.46.